The van der Waals surface area contributed by atoms with Crippen molar-refractivity contribution in [1.29, 1.82) is 0 Å². The Hall–Kier alpha value is -2.55. The quantitative estimate of drug-likeness (QED) is 0.299. The first kappa shape index (κ1) is 24.7. The number of benzene rings is 2. The van der Waals surface area contributed by atoms with Crippen LogP contribution in [0.4, 0.5) is 16.2 Å². The van der Waals surface area contributed by atoms with Gasteiger partial charge in [0.25, 0.3) is 0 Å². The summed E-state index contributed by atoms with van der Waals surface area (Å²) in [4.78, 5) is 32.6. The Morgan fingerprint density at radius 1 is 1.16 bits per heavy atom. The fourth-order valence-corrected chi connectivity index (χ4v) is 3.02. The fraction of sp³-hybridized carbons (Fsp3) is 0.136. The second kappa shape index (κ2) is 11.2. The van der Waals surface area contributed by atoms with Gasteiger partial charge in [-0.25, -0.2) is 4.79 Å². The van der Waals surface area contributed by atoms with Crippen LogP contribution in [0.25, 0.3) is 10.9 Å². The largest absolute Gasteiger partial charge is 0.499 e. The van der Waals surface area contributed by atoms with Gasteiger partial charge < -0.3 is 38.2 Å². The van der Waals surface area contributed by atoms with Crippen molar-refractivity contribution in [2.24, 2.45) is 10.7 Å². The monoisotopic (exact) mass is 493 g/mol. The molecule has 0 fully saturated rings. The number of urea groups is 1. The van der Waals surface area contributed by atoms with Crippen molar-refractivity contribution < 1.29 is 42.3 Å². The topological polar surface area (TPSA) is 116 Å². The van der Waals surface area contributed by atoms with E-state index in [0.717, 1.165) is 21.4 Å². The third-order valence-corrected chi connectivity index (χ3v) is 4.67. The zero-order valence-corrected chi connectivity index (χ0v) is 19.9. The van der Waals surface area contributed by atoms with Crippen LogP contribution in [0.3, 0.4) is 0 Å². The maximum atomic E-state index is 12.4. The summed E-state index contributed by atoms with van der Waals surface area (Å²) in [5, 5.41) is 6.44. The summed E-state index contributed by atoms with van der Waals surface area (Å²) >= 11 is 0. The first-order chi connectivity index (χ1) is 14.4. The van der Waals surface area contributed by atoms with Crippen molar-refractivity contribution in [1.82, 2.24) is 9.88 Å². The zero-order valence-electron chi connectivity index (χ0n) is 17.0. The summed E-state index contributed by atoms with van der Waals surface area (Å²) in [5.41, 5.74) is 9.11. The van der Waals surface area contributed by atoms with E-state index >= 15 is 0 Å². The molecule has 1 aromatic heterocycles. The summed E-state index contributed by atoms with van der Waals surface area (Å²) in [5.74, 6) is -0.381. The van der Waals surface area contributed by atoms with Crippen molar-refractivity contribution in [2.45, 2.75) is 18.6 Å². The molecule has 2 unspecified atom stereocenters. The Morgan fingerprint density at radius 2 is 1.84 bits per heavy atom. The summed E-state index contributed by atoms with van der Waals surface area (Å²) in [7, 11) is 3.65. The van der Waals surface area contributed by atoms with E-state index in [1.165, 1.54) is 0 Å². The van der Waals surface area contributed by atoms with E-state index in [4.69, 9.17) is 5.73 Å². The maximum absolute atomic E-state index is 12.4. The van der Waals surface area contributed by atoms with E-state index in [9.17, 15) is 9.59 Å². The van der Waals surface area contributed by atoms with Crippen LogP contribution < -0.4 is 16.4 Å². The molecule has 3 aromatic rings. The molecule has 8 nitrogen and oxygen atoms in total. The number of fused-ring (bicyclic) bond motifs is 1. The minimum atomic E-state index is -0.814. The molecule has 159 valence electrons. The Bertz CT molecular complexity index is 1050. The number of carbonyl (C=O) groups excluding carboxylic acids is 2. The molecule has 3 rings (SSSR count). The summed E-state index contributed by atoms with van der Waals surface area (Å²) < 4.78 is 0. The fourth-order valence-electron chi connectivity index (χ4n) is 3.02. The molecule has 0 saturated carbocycles. The molecule has 9 heteroatoms. The molecule has 31 heavy (non-hydrogen) atoms. The minimum absolute atomic E-state index is 0. The summed E-state index contributed by atoms with van der Waals surface area (Å²) in [6.07, 6.45) is 1.38. The molecule has 2 atom stereocenters. The molecule has 0 spiro atoms. The predicted octanol–water partition coefficient (Wildman–Crippen LogP) is 3.16. The molecule has 0 saturated heterocycles. The number of anilines is 2. The average Bonchev–Trinajstić information content (AvgIpc) is 3.14. The number of carbonyl (C=O) groups is 2. The van der Waals surface area contributed by atoms with Crippen molar-refractivity contribution in [3.63, 3.8) is 0 Å². The van der Waals surface area contributed by atoms with E-state index < -0.39 is 12.2 Å². The summed E-state index contributed by atoms with van der Waals surface area (Å²) in [6, 6.07) is 13.5. The third kappa shape index (κ3) is 6.23. The zero-order chi connectivity index (χ0) is 21.7. The van der Waals surface area contributed by atoms with Gasteiger partial charge in [0.15, 0.2) is 0 Å². The van der Waals surface area contributed by atoms with Crippen molar-refractivity contribution >= 4 is 40.9 Å². The number of aliphatic imine (C=N–C) groups is 1. The SMILES string of the molecule is C=NC([CH2-])N([CH2-])C(=O)C(N)Cc1c[nH]c2ccc(NC(=O)Nc3ccccc3)cc12.[Y]. The van der Waals surface area contributed by atoms with Gasteiger partial charge in [-0.05, 0) is 55.2 Å². The predicted molar refractivity (Wildman–Crippen MR) is 120 cm³/mol. The van der Waals surface area contributed by atoms with Crippen LogP contribution in [0.1, 0.15) is 5.56 Å². The number of aromatic nitrogens is 1. The van der Waals surface area contributed by atoms with E-state index in [-0.39, 0.29) is 51.1 Å². The van der Waals surface area contributed by atoms with Gasteiger partial charge in [0.1, 0.15) is 0 Å². The average molecular weight is 493 g/mol. The van der Waals surface area contributed by atoms with Gasteiger partial charge in [0.05, 0.1) is 6.04 Å². The standard InChI is InChI=1S/C22H24N6O2.Y/c1-14(24-2)28(3)21(29)19(23)11-15-13-25-20-10-9-17(12-18(15)20)27-22(30)26-16-7-5-4-6-8-16;/h4-10,12-14,19,25H,1-3,11,23H2,(H2,26,27,30);/q-2;. The van der Waals surface area contributed by atoms with Crippen LogP contribution in [0.15, 0.2) is 59.7 Å². The minimum Gasteiger partial charge on any atom is -0.499 e. The normalized spacial score (nSPS) is 12.4. The molecule has 0 aliphatic carbocycles. The van der Waals surface area contributed by atoms with Gasteiger partial charge in [0, 0.05) is 61.2 Å². The Kier molecular flexibility index (Phi) is 8.92. The van der Waals surface area contributed by atoms with Gasteiger partial charge in [0.2, 0.25) is 5.91 Å². The number of para-hydroxylation sites is 1. The number of aromatic amines is 1. The van der Waals surface area contributed by atoms with Crippen LogP contribution >= 0.6 is 0 Å². The van der Waals surface area contributed by atoms with Gasteiger partial charge in [-0.3, -0.25) is 11.8 Å². The van der Waals surface area contributed by atoms with E-state index in [1.54, 1.807) is 24.4 Å². The molecular formula is C22H24N6O2Y-2. The molecule has 0 aliphatic rings. The van der Waals surface area contributed by atoms with Crippen LogP contribution in [-0.4, -0.2) is 40.7 Å². The molecule has 3 amide bonds. The molecule has 1 heterocycles. The molecular weight excluding hydrogens is 469 g/mol. The Morgan fingerprint density at radius 3 is 2.52 bits per heavy atom. The number of hydrogen-bond acceptors (Lipinski definition) is 4. The molecule has 2 aromatic carbocycles. The van der Waals surface area contributed by atoms with Crippen LogP contribution in [-0.2, 0) is 43.9 Å². The second-order valence-electron chi connectivity index (χ2n) is 6.80. The number of nitrogens with two attached hydrogens (primary N) is 1. The van der Waals surface area contributed by atoms with Gasteiger partial charge >= 0.3 is 6.03 Å². The number of nitrogens with zero attached hydrogens (tertiary/aromatic N) is 2. The smallest absolute Gasteiger partial charge is 0.323 e. The van der Waals surface area contributed by atoms with Crippen LogP contribution in [0, 0.1) is 14.0 Å². The first-order valence-electron chi connectivity index (χ1n) is 9.30. The van der Waals surface area contributed by atoms with E-state index in [1.807, 2.05) is 30.3 Å². The number of H-pyrrole nitrogens is 1. The first-order valence-corrected chi connectivity index (χ1v) is 9.30. The van der Waals surface area contributed by atoms with Crippen molar-refractivity contribution in [3.8, 4) is 0 Å². The maximum Gasteiger partial charge on any atom is 0.323 e. The van der Waals surface area contributed by atoms with Gasteiger partial charge in [-0.1, -0.05) is 18.2 Å². The van der Waals surface area contributed by atoms with Gasteiger partial charge in [-0.15, -0.1) is 0 Å². The number of amides is 3. The molecule has 1 radical (unpaired) electrons. The third-order valence-electron chi connectivity index (χ3n) is 4.67. The van der Waals surface area contributed by atoms with E-state index in [0.29, 0.717) is 11.4 Å². The van der Waals surface area contributed by atoms with Gasteiger partial charge in [-0.2, -0.15) is 0 Å². The van der Waals surface area contributed by atoms with Crippen molar-refractivity contribution in [3.05, 3.63) is 74.3 Å². The second-order valence-corrected chi connectivity index (χ2v) is 6.80. The summed E-state index contributed by atoms with van der Waals surface area (Å²) in [6.45, 7) is 7.05. The van der Waals surface area contributed by atoms with Crippen molar-refractivity contribution in [2.75, 3.05) is 10.6 Å². The number of nitrogens with one attached hydrogen (secondary N) is 3. The molecule has 0 bridgehead atoms. The van der Waals surface area contributed by atoms with Crippen LogP contribution in [0.5, 0.6) is 0 Å². The number of hydrogen-bond donors (Lipinski definition) is 4. The molecule has 5 N–H and O–H groups in total. The molecule has 0 aliphatic heterocycles. The van der Waals surface area contributed by atoms with E-state index in [2.05, 4.69) is 41.3 Å². The Balaban J connectivity index is 0.00000341. The van der Waals surface area contributed by atoms with Crippen LogP contribution in [0.2, 0.25) is 0 Å². The Labute approximate surface area is 206 Å². The number of rotatable bonds is 7.